The zero-order chi connectivity index (χ0) is 21.3. The summed E-state index contributed by atoms with van der Waals surface area (Å²) in [5.74, 6) is -0.464. The number of halogens is 2. The summed E-state index contributed by atoms with van der Waals surface area (Å²) in [6.07, 6.45) is 3.14. The molecule has 0 N–H and O–H groups in total. The zero-order valence-corrected chi connectivity index (χ0v) is 17.6. The molecule has 0 amide bonds. The highest BCUT2D eigenvalue weighted by Gasteiger charge is 2.34. The lowest BCUT2D eigenvalue weighted by Gasteiger charge is -2.28. The molecule has 0 aliphatic carbocycles. The van der Waals surface area contributed by atoms with Gasteiger partial charge in [0.25, 0.3) is 0 Å². The normalized spacial score (nSPS) is 21.1. The third-order valence-electron chi connectivity index (χ3n) is 6.52. The summed E-state index contributed by atoms with van der Waals surface area (Å²) in [4.78, 5) is 9.35. The van der Waals surface area contributed by atoms with Crippen LogP contribution in [0.4, 0.5) is 8.78 Å². The van der Waals surface area contributed by atoms with E-state index in [4.69, 9.17) is 4.99 Å². The molecule has 156 valence electrons. The summed E-state index contributed by atoms with van der Waals surface area (Å²) in [6, 6.07) is 11.8. The van der Waals surface area contributed by atoms with E-state index < -0.39 is 11.6 Å². The van der Waals surface area contributed by atoms with Crippen LogP contribution in [-0.2, 0) is 0 Å². The van der Waals surface area contributed by atoms with Gasteiger partial charge in [-0.15, -0.1) is 5.11 Å². The van der Waals surface area contributed by atoms with Crippen molar-refractivity contribution in [1.29, 1.82) is 0 Å². The first kappa shape index (κ1) is 20.5. The number of rotatable bonds is 6. The average molecular weight is 408 g/mol. The molecule has 2 aliphatic heterocycles. The van der Waals surface area contributed by atoms with Crippen LogP contribution >= 0.6 is 0 Å². The maximum Gasteiger partial charge on any atom is 0.179 e. The van der Waals surface area contributed by atoms with Gasteiger partial charge < -0.3 is 0 Å². The van der Waals surface area contributed by atoms with Crippen molar-refractivity contribution in [2.24, 2.45) is 25.6 Å². The Morgan fingerprint density at radius 2 is 1.63 bits per heavy atom. The molecule has 0 fully saturated rings. The summed E-state index contributed by atoms with van der Waals surface area (Å²) in [6.45, 7) is 6.51. The molecule has 4 rings (SSSR count). The molecule has 2 heterocycles. The fraction of sp³-hybridized carbons (Fsp3) is 0.417. The van der Waals surface area contributed by atoms with Crippen molar-refractivity contribution in [3.05, 3.63) is 70.8 Å². The van der Waals surface area contributed by atoms with Crippen molar-refractivity contribution in [1.82, 2.24) is 0 Å². The van der Waals surface area contributed by atoms with Crippen LogP contribution < -0.4 is 0 Å². The molecule has 0 spiro atoms. The molecular formula is C24H26F2N4. The maximum atomic E-state index is 14.1. The van der Waals surface area contributed by atoms with Gasteiger partial charge in [-0.1, -0.05) is 51.1 Å². The molecule has 0 radical (unpaired) electrons. The highest BCUT2D eigenvalue weighted by molar-refractivity contribution is 6.02. The lowest BCUT2D eigenvalue weighted by atomic mass is 9.82. The average Bonchev–Trinajstić information content (AvgIpc) is 3.44. The number of nitrogens with zero attached hydrogens (tertiary/aromatic N) is 4. The van der Waals surface area contributed by atoms with Gasteiger partial charge in [-0.05, 0) is 43.4 Å². The summed E-state index contributed by atoms with van der Waals surface area (Å²) in [5, 5.41) is 8.71. The van der Waals surface area contributed by atoms with E-state index in [0.717, 1.165) is 30.4 Å². The van der Waals surface area contributed by atoms with Crippen LogP contribution in [-0.4, -0.2) is 17.7 Å². The first-order chi connectivity index (χ1) is 14.4. The van der Waals surface area contributed by atoms with E-state index in [0.29, 0.717) is 18.0 Å². The first-order valence-corrected chi connectivity index (χ1v) is 10.5. The Morgan fingerprint density at radius 1 is 0.967 bits per heavy atom. The Balaban J connectivity index is 1.53. The number of azo groups is 1. The van der Waals surface area contributed by atoms with Crippen molar-refractivity contribution in [2.75, 3.05) is 0 Å². The second-order valence-electron chi connectivity index (χ2n) is 8.25. The molecule has 4 nitrogen and oxygen atoms in total. The van der Waals surface area contributed by atoms with E-state index in [9.17, 15) is 8.78 Å². The van der Waals surface area contributed by atoms with Crippen LogP contribution in [0.5, 0.6) is 0 Å². The van der Waals surface area contributed by atoms with Crippen molar-refractivity contribution < 1.29 is 8.78 Å². The highest BCUT2D eigenvalue weighted by atomic mass is 19.1. The molecule has 2 aliphatic rings. The van der Waals surface area contributed by atoms with Crippen LogP contribution in [0.15, 0.2) is 62.7 Å². The quantitative estimate of drug-likeness (QED) is 0.514. The predicted molar refractivity (Wildman–Crippen MR) is 115 cm³/mol. The molecule has 0 aromatic heterocycles. The van der Waals surface area contributed by atoms with Gasteiger partial charge in [-0.25, -0.2) is 13.8 Å². The molecule has 0 bridgehead atoms. The van der Waals surface area contributed by atoms with Gasteiger partial charge in [0.05, 0.1) is 11.6 Å². The SMILES string of the molecule is CCC(C)(CC)C1N=NC(c2ccc(C3CCC(c4c(F)cccc4F)=N3)cc2)=N1. The number of amidine groups is 1. The van der Waals surface area contributed by atoms with E-state index in [1.54, 1.807) is 0 Å². The number of aliphatic imine (C=N–C) groups is 2. The van der Waals surface area contributed by atoms with Crippen molar-refractivity contribution in [3.8, 4) is 0 Å². The zero-order valence-electron chi connectivity index (χ0n) is 17.6. The Labute approximate surface area is 175 Å². The highest BCUT2D eigenvalue weighted by Crippen LogP contribution is 2.36. The fourth-order valence-corrected chi connectivity index (χ4v) is 3.97. The van der Waals surface area contributed by atoms with E-state index in [2.05, 4.69) is 36.0 Å². The number of hydrogen-bond donors (Lipinski definition) is 0. The van der Waals surface area contributed by atoms with Crippen LogP contribution in [0.3, 0.4) is 0 Å². The summed E-state index contributed by atoms with van der Waals surface area (Å²) >= 11 is 0. The van der Waals surface area contributed by atoms with Crippen molar-refractivity contribution in [2.45, 2.75) is 58.7 Å². The number of benzene rings is 2. The van der Waals surface area contributed by atoms with Crippen molar-refractivity contribution in [3.63, 3.8) is 0 Å². The molecule has 0 saturated heterocycles. The Morgan fingerprint density at radius 3 is 2.27 bits per heavy atom. The number of hydrogen-bond acceptors (Lipinski definition) is 4. The summed E-state index contributed by atoms with van der Waals surface area (Å²) in [5.41, 5.74) is 2.45. The van der Waals surface area contributed by atoms with Crippen molar-refractivity contribution >= 4 is 11.5 Å². The Hall–Kier alpha value is -2.76. The Bertz CT molecular complexity index is 1000. The largest absolute Gasteiger partial charge is 0.281 e. The van der Waals surface area contributed by atoms with Gasteiger partial charge in [0.1, 0.15) is 11.6 Å². The molecule has 2 atom stereocenters. The second-order valence-corrected chi connectivity index (χ2v) is 8.25. The molecule has 6 heteroatoms. The summed E-state index contributed by atoms with van der Waals surface area (Å²) in [7, 11) is 0. The predicted octanol–water partition coefficient (Wildman–Crippen LogP) is 6.65. The summed E-state index contributed by atoms with van der Waals surface area (Å²) < 4.78 is 28.1. The minimum atomic E-state index is -0.560. The minimum absolute atomic E-state index is 0.00159. The van der Waals surface area contributed by atoms with E-state index in [-0.39, 0.29) is 23.2 Å². The molecule has 2 aromatic carbocycles. The van der Waals surface area contributed by atoms with Gasteiger partial charge in [0.2, 0.25) is 0 Å². The lowest BCUT2D eigenvalue weighted by Crippen LogP contribution is -2.27. The maximum absolute atomic E-state index is 14.1. The molecule has 30 heavy (non-hydrogen) atoms. The first-order valence-electron chi connectivity index (χ1n) is 10.5. The molecular weight excluding hydrogens is 382 g/mol. The van der Waals surface area contributed by atoms with Crippen LogP contribution in [0.25, 0.3) is 0 Å². The monoisotopic (exact) mass is 408 g/mol. The third kappa shape index (κ3) is 3.71. The van der Waals surface area contributed by atoms with Crippen LogP contribution in [0.2, 0.25) is 0 Å². The van der Waals surface area contributed by atoms with Gasteiger partial charge >= 0.3 is 0 Å². The van der Waals surface area contributed by atoms with Crippen LogP contribution in [0.1, 0.15) is 69.2 Å². The van der Waals surface area contributed by atoms with E-state index in [1.165, 1.54) is 18.2 Å². The molecule has 2 unspecified atom stereocenters. The standard InChI is InChI=1S/C24H26F2N4/c1-4-24(3,5-2)23-28-22(29-30-23)16-11-9-15(10-12-16)19-13-14-20(27-19)21-17(25)7-6-8-18(21)26/h6-12,19,23H,4-5,13-14H2,1-3H3. The van der Waals surface area contributed by atoms with Gasteiger partial charge in [0, 0.05) is 16.7 Å². The van der Waals surface area contributed by atoms with Gasteiger partial charge in [0.15, 0.2) is 12.0 Å². The Kier molecular flexibility index (Phi) is 5.58. The van der Waals surface area contributed by atoms with E-state index >= 15 is 0 Å². The minimum Gasteiger partial charge on any atom is -0.281 e. The lowest BCUT2D eigenvalue weighted by molar-refractivity contribution is 0.239. The fourth-order valence-electron chi connectivity index (χ4n) is 3.97. The smallest absolute Gasteiger partial charge is 0.179 e. The van der Waals surface area contributed by atoms with Gasteiger partial charge in [-0.3, -0.25) is 4.99 Å². The topological polar surface area (TPSA) is 49.4 Å². The second kappa shape index (κ2) is 8.17. The van der Waals surface area contributed by atoms with E-state index in [1.807, 2.05) is 24.3 Å². The van der Waals surface area contributed by atoms with Crippen LogP contribution in [0, 0.1) is 17.0 Å². The molecule has 2 aromatic rings. The van der Waals surface area contributed by atoms with Gasteiger partial charge in [-0.2, -0.15) is 5.11 Å². The third-order valence-corrected chi connectivity index (χ3v) is 6.52. The molecule has 0 saturated carbocycles.